The maximum Gasteiger partial charge on any atom is 0.303 e. The van der Waals surface area contributed by atoms with E-state index in [-0.39, 0.29) is 12.3 Å². The molecule has 0 saturated carbocycles. The molecule has 0 radical (unpaired) electrons. The molecule has 0 aromatic heterocycles. The number of carbonyl (C=O) groups excluding carboxylic acids is 1. The van der Waals surface area contributed by atoms with E-state index in [9.17, 15) is 9.59 Å². The molecule has 0 saturated heterocycles. The second-order valence-electron chi connectivity index (χ2n) is 4.62. The normalized spacial score (nSPS) is 16.9. The summed E-state index contributed by atoms with van der Waals surface area (Å²) in [5, 5.41) is 8.59. The van der Waals surface area contributed by atoms with E-state index in [0.717, 1.165) is 10.6 Å². The van der Waals surface area contributed by atoms with Crippen molar-refractivity contribution in [3.05, 3.63) is 24.3 Å². The summed E-state index contributed by atoms with van der Waals surface area (Å²) >= 11 is 1.60. The van der Waals surface area contributed by atoms with Crippen molar-refractivity contribution in [3.63, 3.8) is 0 Å². The minimum Gasteiger partial charge on any atom is -0.481 e. The van der Waals surface area contributed by atoms with Crippen molar-refractivity contribution in [1.82, 2.24) is 4.90 Å². The summed E-state index contributed by atoms with van der Waals surface area (Å²) in [6, 6.07) is 7.64. The average Bonchev–Trinajstić information content (AvgIpc) is 2.45. The van der Waals surface area contributed by atoms with Crippen molar-refractivity contribution in [2.75, 3.05) is 19.3 Å². The van der Waals surface area contributed by atoms with Gasteiger partial charge in [-0.05, 0) is 18.6 Å². The van der Waals surface area contributed by atoms with Crippen LogP contribution in [0, 0.1) is 0 Å². The van der Waals surface area contributed by atoms with E-state index in [0.29, 0.717) is 18.7 Å². The van der Waals surface area contributed by atoms with E-state index < -0.39 is 12.1 Å². The number of aliphatic carboxylic acids is 1. The molecule has 6 heteroatoms. The van der Waals surface area contributed by atoms with Gasteiger partial charge in [-0.2, -0.15) is 0 Å². The molecule has 5 nitrogen and oxygen atoms in total. The fraction of sp³-hybridized carbons (Fsp3) is 0.429. The quantitative estimate of drug-likeness (QED) is 0.898. The van der Waals surface area contributed by atoms with E-state index in [2.05, 4.69) is 0 Å². The summed E-state index contributed by atoms with van der Waals surface area (Å²) in [4.78, 5) is 25.3. The number of ether oxygens (including phenoxy) is 1. The molecule has 1 atom stereocenters. The summed E-state index contributed by atoms with van der Waals surface area (Å²) in [5.41, 5.74) is 0. The highest BCUT2D eigenvalue weighted by Gasteiger charge is 2.28. The van der Waals surface area contributed by atoms with Gasteiger partial charge in [0.1, 0.15) is 5.75 Å². The summed E-state index contributed by atoms with van der Waals surface area (Å²) in [6.45, 7) is 0.428. The first-order valence-corrected chi connectivity index (χ1v) is 7.41. The summed E-state index contributed by atoms with van der Waals surface area (Å²) in [7, 11) is 1.68. The van der Waals surface area contributed by atoms with Gasteiger partial charge in [-0.3, -0.25) is 9.59 Å². The molecule has 1 aliphatic rings. The molecule has 0 aliphatic carbocycles. The Morgan fingerprint density at radius 2 is 2.20 bits per heavy atom. The maximum absolute atomic E-state index is 12.2. The molecule has 0 spiro atoms. The average molecular weight is 295 g/mol. The van der Waals surface area contributed by atoms with Crippen LogP contribution in [0.25, 0.3) is 0 Å². The Labute approximate surface area is 121 Å². The molecule has 20 heavy (non-hydrogen) atoms. The number of rotatable bonds is 5. The van der Waals surface area contributed by atoms with Crippen LogP contribution in [0.5, 0.6) is 5.75 Å². The Balaban J connectivity index is 1.89. The van der Waals surface area contributed by atoms with Crippen LogP contribution in [0.1, 0.15) is 12.8 Å². The Kier molecular flexibility index (Phi) is 4.89. The highest BCUT2D eigenvalue weighted by atomic mass is 32.2. The van der Waals surface area contributed by atoms with Crippen LogP contribution >= 0.6 is 11.8 Å². The second-order valence-corrected chi connectivity index (χ2v) is 5.68. The summed E-state index contributed by atoms with van der Waals surface area (Å²) in [6.07, 6.45) is 0.0269. The molecule has 1 aromatic rings. The van der Waals surface area contributed by atoms with E-state index in [1.165, 1.54) is 0 Å². The number of thioether (sulfide) groups is 1. The van der Waals surface area contributed by atoms with Crippen LogP contribution in [0.3, 0.4) is 0 Å². The zero-order valence-electron chi connectivity index (χ0n) is 11.2. The topological polar surface area (TPSA) is 66.8 Å². The lowest BCUT2D eigenvalue weighted by molar-refractivity contribution is -0.139. The van der Waals surface area contributed by atoms with Crippen LogP contribution in [-0.4, -0.2) is 47.3 Å². The van der Waals surface area contributed by atoms with Crippen molar-refractivity contribution in [1.29, 1.82) is 0 Å². The van der Waals surface area contributed by atoms with Gasteiger partial charge in [0.25, 0.3) is 5.91 Å². The SMILES string of the molecule is CN(CCCC(=O)O)C(=O)C1CSc2ccccc2O1. The zero-order chi connectivity index (χ0) is 14.5. The van der Waals surface area contributed by atoms with Crippen molar-refractivity contribution in [2.45, 2.75) is 23.8 Å². The molecule has 1 N–H and O–H groups in total. The third kappa shape index (κ3) is 3.66. The monoisotopic (exact) mass is 295 g/mol. The Morgan fingerprint density at radius 3 is 2.95 bits per heavy atom. The van der Waals surface area contributed by atoms with Crippen molar-refractivity contribution in [2.24, 2.45) is 0 Å². The predicted octanol–water partition coefficient (Wildman–Crippen LogP) is 1.86. The molecule has 1 aromatic carbocycles. The van der Waals surface area contributed by atoms with Gasteiger partial charge in [-0.15, -0.1) is 11.8 Å². The maximum atomic E-state index is 12.2. The molecule has 1 aliphatic heterocycles. The molecular weight excluding hydrogens is 278 g/mol. The fourth-order valence-corrected chi connectivity index (χ4v) is 2.94. The highest BCUT2D eigenvalue weighted by Crippen LogP contribution is 2.35. The van der Waals surface area contributed by atoms with E-state index in [4.69, 9.17) is 9.84 Å². The third-order valence-electron chi connectivity index (χ3n) is 3.04. The van der Waals surface area contributed by atoms with Gasteiger partial charge in [0.05, 0.1) is 0 Å². The number of hydrogen-bond donors (Lipinski definition) is 1. The number of carboxylic acid groups (broad SMARTS) is 1. The number of nitrogens with zero attached hydrogens (tertiary/aromatic N) is 1. The second kappa shape index (κ2) is 6.65. The minimum atomic E-state index is -0.843. The number of carboxylic acids is 1. The summed E-state index contributed by atoms with van der Waals surface area (Å²) < 4.78 is 5.71. The first-order valence-electron chi connectivity index (χ1n) is 6.43. The number of amides is 1. The number of hydrogen-bond acceptors (Lipinski definition) is 4. The number of benzene rings is 1. The van der Waals surface area contributed by atoms with Crippen LogP contribution in [0.4, 0.5) is 0 Å². The zero-order valence-corrected chi connectivity index (χ0v) is 12.1. The van der Waals surface area contributed by atoms with Crippen molar-refractivity contribution < 1.29 is 19.4 Å². The number of carbonyl (C=O) groups is 2. The molecule has 108 valence electrons. The van der Waals surface area contributed by atoms with E-state index >= 15 is 0 Å². The van der Waals surface area contributed by atoms with Gasteiger partial charge in [0.2, 0.25) is 0 Å². The minimum absolute atomic E-state index is 0.0702. The third-order valence-corrected chi connectivity index (χ3v) is 4.16. The molecular formula is C14H17NO4S. The van der Waals surface area contributed by atoms with Gasteiger partial charge in [0, 0.05) is 30.7 Å². The van der Waals surface area contributed by atoms with Crippen LogP contribution < -0.4 is 4.74 Å². The fourth-order valence-electron chi connectivity index (χ4n) is 1.96. The molecule has 1 heterocycles. The van der Waals surface area contributed by atoms with E-state index in [1.807, 2.05) is 24.3 Å². The van der Waals surface area contributed by atoms with Crippen molar-refractivity contribution >= 4 is 23.6 Å². The standard InChI is InChI=1S/C14H17NO4S/c1-15(8-4-7-13(16)17)14(18)11-9-20-12-6-3-2-5-10(12)19-11/h2-3,5-6,11H,4,7-9H2,1H3,(H,16,17). The van der Waals surface area contributed by atoms with Crippen LogP contribution in [0.2, 0.25) is 0 Å². The first kappa shape index (κ1) is 14.7. The molecule has 0 fully saturated rings. The highest BCUT2D eigenvalue weighted by molar-refractivity contribution is 7.99. The van der Waals surface area contributed by atoms with Gasteiger partial charge < -0.3 is 14.7 Å². The number of fused-ring (bicyclic) bond motifs is 1. The molecule has 2 rings (SSSR count). The Morgan fingerprint density at radius 1 is 1.45 bits per heavy atom. The lowest BCUT2D eigenvalue weighted by atomic mass is 10.2. The van der Waals surface area contributed by atoms with Gasteiger partial charge in [-0.25, -0.2) is 0 Å². The molecule has 0 bridgehead atoms. The van der Waals surface area contributed by atoms with E-state index in [1.54, 1.807) is 23.7 Å². The predicted molar refractivity (Wildman–Crippen MR) is 76.1 cm³/mol. The number of para-hydroxylation sites is 1. The van der Waals surface area contributed by atoms with Gasteiger partial charge in [0.15, 0.2) is 6.10 Å². The first-order chi connectivity index (χ1) is 9.58. The Bertz CT molecular complexity index is 506. The smallest absolute Gasteiger partial charge is 0.303 e. The van der Waals surface area contributed by atoms with Crippen LogP contribution in [0.15, 0.2) is 29.2 Å². The molecule has 1 amide bonds. The summed E-state index contributed by atoms with van der Waals surface area (Å²) in [5.74, 6) is 0.377. The largest absolute Gasteiger partial charge is 0.481 e. The Hall–Kier alpha value is -1.69. The lowest BCUT2D eigenvalue weighted by Crippen LogP contribution is -2.42. The lowest BCUT2D eigenvalue weighted by Gasteiger charge is -2.28. The van der Waals surface area contributed by atoms with Crippen LogP contribution in [-0.2, 0) is 9.59 Å². The number of likely N-dealkylation sites (N-methyl/N-ethyl adjacent to an activating group) is 1. The molecule has 1 unspecified atom stereocenters. The van der Waals surface area contributed by atoms with Gasteiger partial charge >= 0.3 is 5.97 Å². The van der Waals surface area contributed by atoms with Crippen molar-refractivity contribution in [3.8, 4) is 5.75 Å². The van der Waals surface area contributed by atoms with Gasteiger partial charge in [-0.1, -0.05) is 12.1 Å².